The summed E-state index contributed by atoms with van der Waals surface area (Å²) in [5.41, 5.74) is 3.97. The number of nitriles is 1. The minimum atomic E-state index is -0.835. The monoisotopic (exact) mass is 432 g/mol. The van der Waals surface area contributed by atoms with Crippen molar-refractivity contribution in [2.75, 3.05) is 5.32 Å². The first-order valence-corrected chi connectivity index (χ1v) is 10.5. The zero-order chi connectivity index (χ0) is 22.3. The standard InChI is InChI=1S/C22H20N6O2S/c1-12-5-6-16(13(2)7-12)17-10-31-21-18(17)22(30)28(11-24-21)14(3)20(29)26-19-15(8-23)9-25-27(19)4/h5-7,9-11,14H,1-4H3,(H,26,29). The second kappa shape index (κ2) is 7.81. The number of nitrogens with one attached hydrogen (secondary N) is 1. The number of fused-ring (bicyclic) bond motifs is 1. The van der Waals surface area contributed by atoms with Crippen molar-refractivity contribution in [1.29, 1.82) is 5.26 Å². The summed E-state index contributed by atoms with van der Waals surface area (Å²) in [6, 6.07) is 7.24. The van der Waals surface area contributed by atoms with Crippen LogP contribution in [0.1, 0.15) is 29.7 Å². The number of carbonyl (C=O) groups excluding carboxylic acids is 1. The van der Waals surface area contributed by atoms with Gasteiger partial charge in [-0.3, -0.25) is 18.8 Å². The Morgan fingerprint density at radius 1 is 1.29 bits per heavy atom. The van der Waals surface area contributed by atoms with E-state index in [1.54, 1.807) is 14.0 Å². The van der Waals surface area contributed by atoms with Crippen molar-refractivity contribution in [3.05, 3.63) is 63.1 Å². The van der Waals surface area contributed by atoms with E-state index >= 15 is 0 Å². The van der Waals surface area contributed by atoms with Crippen LogP contribution in [0.25, 0.3) is 21.3 Å². The van der Waals surface area contributed by atoms with Crippen molar-refractivity contribution in [2.24, 2.45) is 7.05 Å². The number of amides is 1. The molecule has 0 fully saturated rings. The zero-order valence-electron chi connectivity index (χ0n) is 17.5. The van der Waals surface area contributed by atoms with Gasteiger partial charge >= 0.3 is 0 Å². The van der Waals surface area contributed by atoms with Gasteiger partial charge in [0.25, 0.3) is 5.56 Å². The fourth-order valence-electron chi connectivity index (χ4n) is 3.55. The SMILES string of the molecule is Cc1ccc(-c2csc3ncn(C(C)C(=O)Nc4c(C#N)cnn4C)c(=O)c23)c(C)c1. The number of hydrogen-bond acceptors (Lipinski definition) is 6. The van der Waals surface area contributed by atoms with Crippen LogP contribution in [0.2, 0.25) is 0 Å². The Kier molecular flexibility index (Phi) is 5.17. The van der Waals surface area contributed by atoms with Crippen LogP contribution in [0.5, 0.6) is 0 Å². The molecule has 3 aromatic heterocycles. The van der Waals surface area contributed by atoms with E-state index in [0.717, 1.165) is 22.3 Å². The van der Waals surface area contributed by atoms with Crippen molar-refractivity contribution in [2.45, 2.75) is 26.8 Å². The molecule has 0 aliphatic rings. The second-order valence-corrected chi connectivity index (χ2v) is 8.27. The highest BCUT2D eigenvalue weighted by atomic mass is 32.1. The summed E-state index contributed by atoms with van der Waals surface area (Å²) in [6.07, 6.45) is 2.77. The minimum absolute atomic E-state index is 0.249. The Bertz CT molecular complexity index is 1420. The number of nitrogens with zero attached hydrogens (tertiary/aromatic N) is 5. The largest absolute Gasteiger partial charge is 0.308 e. The lowest BCUT2D eigenvalue weighted by Gasteiger charge is -2.15. The van der Waals surface area contributed by atoms with Crippen LogP contribution in [0, 0.1) is 25.2 Å². The summed E-state index contributed by atoms with van der Waals surface area (Å²) >= 11 is 1.40. The Morgan fingerprint density at radius 2 is 2.06 bits per heavy atom. The molecule has 31 heavy (non-hydrogen) atoms. The lowest BCUT2D eigenvalue weighted by Crippen LogP contribution is -2.32. The summed E-state index contributed by atoms with van der Waals surface area (Å²) in [7, 11) is 1.63. The molecule has 1 amide bonds. The van der Waals surface area contributed by atoms with Crippen LogP contribution in [0.15, 0.2) is 40.9 Å². The Labute approximate surface area is 182 Å². The Hall–Kier alpha value is -3.77. The van der Waals surface area contributed by atoms with E-state index in [1.807, 2.05) is 37.4 Å². The van der Waals surface area contributed by atoms with Crippen molar-refractivity contribution in [3.63, 3.8) is 0 Å². The lowest BCUT2D eigenvalue weighted by atomic mass is 9.99. The zero-order valence-corrected chi connectivity index (χ0v) is 18.3. The maximum absolute atomic E-state index is 13.4. The number of benzene rings is 1. The summed E-state index contributed by atoms with van der Waals surface area (Å²) in [4.78, 5) is 31.3. The minimum Gasteiger partial charge on any atom is -0.308 e. The molecule has 156 valence electrons. The molecule has 0 bridgehead atoms. The smallest absolute Gasteiger partial charge is 0.263 e. The quantitative estimate of drug-likeness (QED) is 0.531. The molecule has 0 saturated carbocycles. The fourth-order valence-corrected chi connectivity index (χ4v) is 4.45. The fraction of sp³-hybridized carbons (Fsp3) is 0.227. The van der Waals surface area contributed by atoms with Gasteiger partial charge in [0.05, 0.1) is 17.9 Å². The molecule has 4 aromatic rings. The van der Waals surface area contributed by atoms with Crippen LogP contribution in [0.4, 0.5) is 5.82 Å². The maximum Gasteiger partial charge on any atom is 0.263 e. The molecule has 1 aromatic carbocycles. The number of anilines is 1. The van der Waals surface area contributed by atoms with Crippen molar-refractivity contribution in [1.82, 2.24) is 19.3 Å². The van der Waals surface area contributed by atoms with E-state index in [9.17, 15) is 14.9 Å². The number of thiophene rings is 1. The van der Waals surface area contributed by atoms with Crippen LogP contribution in [-0.2, 0) is 11.8 Å². The van der Waals surface area contributed by atoms with Crippen LogP contribution >= 0.6 is 11.3 Å². The van der Waals surface area contributed by atoms with Gasteiger partial charge in [-0.05, 0) is 31.9 Å². The van der Waals surface area contributed by atoms with E-state index in [4.69, 9.17) is 0 Å². The number of carbonyl (C=O) groups is 1. The van der Waals surface area contributed by atoms with E-state index in [0.29, 0.717) is 10.2 Å². The molecule has 0 radical (unpaired) electrons. The molecule has 3 heterocycles. The van der Waals surface area contributed by atoms with Gasteiger partial charge in [0, 0.05) is 18.0 Å². The van der Waals surface area contributed by atoms with Gasteiger partial charge < -0.3 is 5.32 Å². The third-order valence-electron chi connectivity index (χ3n) is 5.29. The molecule has 8 nitrogen and oxygen atoms in total. The highest BCUT2D eigenvalue weighted by Crippen LogP contribution is 2.33. The summed E-state index contributed by atoms with van der Waals surface area (Å²) in [5, 5.41) is 18.3. The lowest BCUT2D eigenvalue weighted by molar-refractivity contribution is -0.118. The number of rotatable bonds is 4. The van der Waals surface area contributed by atoms with Gasteiger partial charge in [0.15, 0.2) is 0 Å². The molecule has 1 N–H and O–H groups in total. The van der Waals surface area contributed by atoms with Crippen molar-refractivity contribution in [3.8, 4) is 17.2 Å². The molecular formula is C22H20N6O2S. The van der Waals surface area contributed by atoms with Gasteiger partial charge in [-0.2, -0.15) is 10.4 Å². The molecule has 0 aliphatic heterocycles. The Balaban J connectivity index is 1.76. The van der Waals surface area contributed by atoms with Crippen LogP contribution < -0.4 is 10.9 Å². The van der Waals surface area contributed by atoms with Crippen molar-refractivity contribution >= 4 is 33.3 Å². The van der Waals surface area contributed by atoms with Gasteiger partial charge in [-0.25, -0.2) is 4.98 Å². The first-order valence-electron chi connectivity index (χ1n) is 9.60. The van der Waals surface area contributed by atoms with Crippen LogP contribution in [0.3, 0.4) is 0 Å². The molecular weight excluding hydrogens is 412 g/mol. The number of aryl methyl sites for hydroxylation is 3. The third-order valence-corrected chi connectivity index (χ3v) is 6.18. The van der Waals surface area contributed by atoms with Gasteiger partial charge in [0.2, 0.25) is 5.91 Å². The van der Waals surface area contributed by atoms with Crippen LogP contribution in [-0.4, -0.2) is 25.2 Å². The number of aromatic nitrogens is 4. The van der Waals surface area contributed by atoms with E-state index in [2.05, 4.69) is 21.5 Å². The molecule has 0 aliphatic carbocycles. The molecule has 1 unspecified atom stereocenters. The third kappa shape index (κ3) is 3.51. The maximum atomic E-state index is 13.4. The summed E-state index contributed by atoms with van der Waals surface area (Å²) in [6.45, 7) is 5.66. The van der Waals surface area contributed by atoms with Gasteiger partial charge in [-0.1, -0.05) is 23.8 Å². The highest BCUT2D eigenvalue weighted by molar-refractivity contribution is 7.17. The number of hydrogen-bond donors (Lipinski definition) is 1. The first kappa shape index (κ1) is 20.5. The topological polar surface area (TPSA) is 106 Å². The Morgan fingerprint density at radius 3 is 2.77 bits per heavy atom. The predicted molar refractivity (Wildman–Crippen MR) is 120 cm³/mol. The van der Waals surface area contributed by atoms with Gasteiger partial charge in [0.1, 0.15) is 28.3 Å². The van der Waals surface area contributed by atoms with Gasteiger partial charge in [-0.15, -0.1) is 11.3 Å². The summed E-state index contributed by atoms with van der Waals surface area (Å²) in [5.74, 6) is -0.153. The van der Waals surface area contributed by atoms with Crippen molar-refractivity contribution < 1.29 is 4.79 Å². The highest BCUT2D eigenvalue weighted by Gasteiger charge is 2.22. The predicted octanol–water partition coefficient (Wildman–Crippen LogP) is 3.55. The van der Waals surface area contributed by atoms with E-state index in [1.165, 1.54) is 33.1 Å². The molecule has 0 spiro atoms. The average Bonchev–Trinajstić information content (AvgIpc) is 3.32. The molecule has 9 heteroatoms. The van der Waals surface area contributed by atoms with E-state index in [-0.39, 0.29) is 16.9 Å². The molecule has 1 atom stereocenters. The molecule has 4 rings (SSSR count). The average molecular weight is 433 g/mol. The summed E-state index contributed by atoms with van der Waals surface area (Å²) < 4.78 is 2.73. The van der Waals surface area contributed by atoms with E-state index < -0.39 is 11.9 Å². The second-order valence-electron chi connectivity index (χ2n) is 7.41. The molecule has 0 saturated heterocycles. The first-order chi connectivity index (χ1) is 14.8. The normalized spacial score (nSPS) is 12.0.